The van der Waals surface area contributed by atoms with Gasteiger partial charge in [-0.2, -0.15) is 10.2 Å². The van der Waals surface area contributed by atoms with Crippen LogP contribution < -0.4 is 14.4 Å². The standard InChI is InChI=1S/C17H19N5O2/c1-22(11-13-6-9-17(24-3)21-18-13)16-10-15(19-20-16)12-4-7-14(23-2)8-5-12/h4-10H,11H2,1-3H3,(H,19,20). The molecule has 0 radical (unpaired) electrons. The lowest BCUT2D eigenvalue weighted by Crippen LogP contribution is -2.17. The maximum Gasteiger partial charge on any atom is 0.233 e. The van der Waals surface area contributed by atoms with Crippen LogP contribution in [0.15, 0.2) is 42.5 Å². The number of H-pyrrole nitrogens is 1. The van der Waals surface area contributed by atoms with Gasteiger partial charge in [0.1, 0.15) is 5.75 Å². The zero-order chi connectivity index (χ0) is 16.9. The van der Waals surface area contributed by atoms with Gasteiger partial charge in [-0.05, 0) is 35.9 Å². The lowest BCUT2D eigenvalue weighted by atomic mass is 10.1. The molecule has 0 saturated heterocycles. The monoisotopic (exact) mass is 325 g/mol. The number of aromatic nitrogens is 4. The molecule has 0 unspecified atom stereocenters. The van der Waals surface area contributed by atoms with Crippen LogP contribution in [0.5, 0.6) is 11.6 Å². The fourth-order valence-corrected chi connectivity index (χ4v) is 2.29. The molecule has 0 saturated carbocycles. The van der Waals surface area contributed by atoms with Crippen LogP contribution in [0.3, 0.4) is 0 Å². The molecule has 0 spiro atoms. The van der Waals surface area contributed by atoms with E-state index < -0.39 is 0 Å². The zero-order valence-electron chi connectivity index (χ0n) is 13.9. The van der Waals surface area contributed by atoms with E-state index in [0.717, 1.165) is 28.5 Å². The van der Waals surface area contributed by atoms with Crippen molar-refractivity contribution in [2.24, 2.45) is 0 Å². The van der Waals surface area contributed by atoms with Crippen LogP contribution in [0.1, 0.15) is 5.69 Å². The number of benzene rings is 1. The molecule has 24 heavy (non-hydrogen) atoms. The van der Waals surface area contributed by atoms with Crippen molar-refractivity contribution >= 4 is 5.82 Å². The summed E-state index contributed by atoms with van der Waals surface area (Å²) in [6, 6.07) is 13.5. The van der Waals surface area contributed by atoms with Crippen molar-refractivity contribution < 1.29 is 9.47 Å². The van der Waals surface area contributed by atoms with E-state index in [1.54, 1.807) is 20.3 Å². The first-order valence-corrected chi connectivity index (χ1v) is 7.47. The topological polar surface area (TPSA) is 76.2 Å². The molecule has 0 atom stereocenters. The summed E-state index contributed by atoms with van der Waals surface area (Å²) in [5.41, 5.74) is 2.83. The van der Waals surface area contributed by atoms with Gasteiger partial charge in [0, 0.05) is 19.2 Å². The minimum atomic E-state index is 0.503. The molecule has 2 heterocycles. The summed E-state index contributed by atoms with van der Waals surface area (Å²) in [6.07, 6.45) is 0. The Morgan fingerprint density at radius 1 is 1.00 bits per heavy atom. The number of rotatable bonds is 6. The van der Waals surface area contributed by atoms with E-state index in [1.165, 1.54) is 0 Å². The van der Waals surface area contributed by atoms with Crippen molar-refractivity contribution in [2.75, 3.05) is 26.2 Å². The van der Waals surface area contributed by atoms with Crippen LogP contribution in [0.4, 0.5) is 5.82 Å². The van der Waals surface area contributed by atoms with Crippen LogP contribution in [0.2, 0.25) is 0 Å². The normalized spacial score (nSPS) is 10.5. The van der Waals surface area contributed by atoms with Crippen molar-refractivity contribution in [3.63, 3.8) is 0 Å². The van der Waals surface area contributed by atoms with Gasteiger partial charge in [0.2, 0.25) is 5.88 Å². The molecular formula is C17H19N5O2. The smallest absolute Gasteiger partial charge is 0.233 e. The second kappa shape index (κ2) is 6.99. The Labute approximate surface area is 140 Å². The molecular weight excluding hydrogens is 306 g/mol. The maximum absolute atomic E-state index is 5.18. The predicted octanol–water partition coefficient (Wildman–Crippen LogP) is 2.52. The number of ether oxygens (including phenoxy) is 2. The predicted molar refractivity (Wildman–Crippen MR) is 91.3 cm³/mol. The van der Waals surface area contributed by atoms with Crippen LogP contribution >= 0.6 is 0 Å². The van der Waals surface area contributed by atoms with Gasteiger partial charge in [-0.1, -0.05) is 0 Å². The highest BCUT2D eigenvalue weighted by atomic mass is 16.5. The van der Waals surface area contributed by atoms with Crippen molar-refractivity contribution in [2.45, 2.75) is 6.54 Å². The largest absolute Gasteiger partial charge is 0.497 e. The molecule has 0 aliphatic carbocycles. The van der Waals surface area contributed by atoms with E-state index in [9.17, 15) is 0 Å². The van der Waals surface area contributed by atoms with E-state index in [0.29, 0.717) is 12.4 Å². The Morgan fingerprint density at radius 3 is 2.42 bits per heavy atom. The molecule has 124 valence electrons. The molecule has 3 aromatic rings. The van der Waals surface area contributed by atoms with Crippen LogP contribution in [0.25, 0.3) is 11.3 Å². The molecule has 0 bridgehead atoms. The lowest BCUT2D eigenvalue weighted by Gasteiger charge is -2.14. The second-order valence-corrected chi connectivity index (χ2v) is 5.29. The van der Waals surface area contributed by atoms with E-state index >= 15 is 0 Å². The fraction of sp³-hybridized carbons (Fsp3) is 0.235. The molecule has 2 aromatic heterocycles. The summed E-state index contributed by atoms with van der Waals surface area (Å²) in [4.78, 5) is 2.00. The van der Waals surface area contributed by atoms with Gasteiger partial charge in [0.25, 0.3) is 0 Å². The molecule has 0 aliphatic heterocycles. The van der Waals surface area contributed by atoms with Gasteiger partial charge in [-0.15, -0.1) is 5.10 Å². The number of methoxy groups -OCH3 is 2. The molecule has 3 rings (SSSR count). The minimum Gasteiger partial charge on any atom is -0.497 e. The van der Waals surface area contributed by atoms with E-state index in [2.05, 4.69) is 20.4 Å². The van der Waals surface area contributed by atoms with Gasteiger partial charge in [0.15, 0.2) is 5.82 Å². The molecule has 1 aromatic carbocycles. The Morgan fingerprint density at radius 2 is 1.79 bits per heavy atom. The fourth-order valence-electron chi connectivity index (χ4n) is 2.29. The van der Waals surface area contributed by atoms with Gasteiger partial charge in [0.05, 0.1) is 32.2 Å². The third-order valence-corrected chi connectivity index (χ3v) is 3.66. The summed E-state index contributed by atoms with van der Waals surface area (Å²) in [7, 11) is 5.18. The van der Waals surface area contributed by atoms with E-state index in [1.807, 2.05) is 48.3 Å². The second-order valence-electron chi connectivity index (χ2n) is 5.29. The number of hydrogen-bond donors (Lipinski definition) is 1. The molecule has 0 fully saturated rings. The lowest BCUT2D eigenvalue weighted by molar-refractivity contribution is 0.391. The molecule has 0 aliphatic rings. The average molecular weight is 325 g/mol. The zero-order valence-corrected chi connectivity index (χ0v) is 13.9. The van der Waals surface area contributed by atoms with Crippen molar-refractivity contribution in [3.8, 4) is 22.9 Å². The third kappa shape index (κ3) is 3.45. The SMILES string of the molecule is COc1ccc(-c2cc(N(C)Cc3ccc(OC)nn3)n[nH]2)cc1. The Bertz CT molecular complexity index is 784. The first-order chi connectivity index (χ1) is 11.7. The highest BCUT2D eigenvalue weighted by Gasteiger charge is 2.10. The third-order valence-electron chi connectivity index (χ3n) is 3.66. The Balaban J connectivity index is 1.71. The summed E-state index contributed by atoms with van der Waals surface area (Å²) >= 11 is 0. The van der Waals surface area contributed by atoms with Gasteiger partial charge < -0.3 is 14.4 Å². The number of hydrogen-bond acceptors (Lipinski definition) is 6. The summed E-state index contributed by atoms with van der Waals surface area (Å²) < 4.78 is 10.2. The highest BCUT2D eigenvalue weighted by molar-refractivity contribution is 5.63. The number of aromatic amines is 1. The Hall–Kier alpha value is -3.09. The van der Waals surface area contributed by atoms with Crippen molar-refractivity contribution in [1.29, 1.82) is 0 Å². The molecule has 1 N–H and O–H groups in total. The number of nitrogens with zero attached hydrogens (tertiary/aromatic N) is 4. The molecule has 7 heteroatoms. The maximum atomic E-state index is 5.18. The van der Waals surface area contributed by atoms with Gasteiger partial charge in [-0.25, -0.2) is 0 Å². The first kappa shape index (κ1) is 15.8. The highest BCUT2D eigenvalue weighted by Crippen LogP contribution is 2.24. The van der Waals surface area contributed by atoms with Crippen LogP contribution in [0, 0.1) is 0 Å². The first-order valence-electron chi connectivity index (χ1n) is 7.47. The minimum absolute atomic E-state index is 0.503. The number of nitrogens with one attached hydrogen (secondary N) is 1. The van der Waals surface area contributed by atoms with Gasteiger partial charge in [-0.3, -0.25) is 5.10 Å². The molecule has 7 nitrogen and oxygen atoms in total. The summed E-state index contributed by atoms with van der Waals surface area (Å²) in [5.74, 6) is 2.16. The number of anilines is 1. The summed E-state index contributed by atoms with van der Waals surface area (Å²) in [5, 5.41) is 15.5. The summed E-state index contributed by atoms with van der Waals surface area (Å²) in [6.45, 7) is 0.601. The quantitative estimate of drug-likeness (QED) is 0.750. The molecule has 0 amide bonds. The average Bonchev–Trinajstić information content (AvgIpc) is 3.13. The van der Waals surface area contributed by atoms with Crippen molar-refractivity contribution in [1.82, 2.24) is 20.4 Å². The van der Waals surface area contributed by atoms with Crippen molar-refractivity contribution in [3.05, 3.63) is 48.2 Å². The van der Waals surface area contributed by atoms with E-state index in [-0.39, 0.29) is 0 Å². The van der Waals surface area contributed by atoms with Crippen LogP contribution in [-0.2, 0) is 6.54 Å². The van der Waals surface area contributed by atoms with Crippen LogP contribution in [-0.4, -0.2) is 41.7 Å². The van der Waals surface area contributed by atoms with Gasteiger partial charge >= 0.3 is 0 Å². The Kier molecular flexibility index (Phi) is 4.60. The van der Waals surface area contributed by atoms with E-state index in [4.69, 9.17) is 9.47 Å².